The molecule has 0 spiro atoms. The Hall–Kier alpha value is -0.930. The molecule has 1 aromatic carbocycles. The van der Waals surface area contributed by atoms with E-state index in [4.69, 9.17) is 11.6 Å². The molecule has 0 unspecified atom stereocenters. The molecule has 0 atom stereocenters. The Kier molecular flexibility index (Phi) is 2.79. The summed E-state index contributed by atoms with van der Waals surface area (Å²) in [5.74, 6) is 0. The van der Waals surface area contributed by atoms with E-state index in [1.54, 1.807) is 6.20 Å². The Labute approximate surface area is 95.1 Å². The van der Waals surface area contributed by atoms with Crippen LogP contribution in [0, 0.1) is 0 Å². The van der Waals surface area contributed by atoms with E-state index in [-0.39, 0.29) is 0 Å². The van der Waals surface area contributed by atoms with Crippen LogP contribution >= 0.6 is 27.5 Å². The van der Waals surface area contributed by atoms with E-state index in [0.717, 1.165) is 15.7 Å². The van der Waals surface area contributed by atoms with Gasteiger partial charge in [-0.1, -0.05) is 39.7 Å². The SMILES string of the molecule is Clc1cncc(-c2ccc(Br)cc2)n1. The van der Waals surface area contributed by atoms with Crippen LogP contribution in [0.3, 0.4) is 0 Å². The van der Waals surface area contributed by atoms with Crippen molar-refractivity contribution in [2.45, 2.75) is 0 Å². The van der Waals surface area contributed by atoms with Gasteiger partial charge in [-0.3, -0.25) is 4.98 Å². The Bertz CT molecular complexity index is 442. The normalized spacial score (nSPS) is 10.1. The van der Waals surface area contributed by atoms with Crippen molar-refractivity contribution in [3.05, 3.63) is 46.3 Å². The van der Waals surface area contributed by atoms with E-state index in [9.17, 15) is 0 Å². The summed E-state index contributed by atoms with van der Waals surface area (Å²) < 4.78 is 1.04. The van der Waals surface area contributed by atoms with E-state index in [0.29, 0.717) is 5.15 Å². The highest BCUT2D eigenvalue weighted by Gasteiger charge is 1.99. The first-order valence-corrected chi connectivity index (χ1v) is 5.16. The molecule has 14 heavy (non-hydrogen) atoms. The van der Waals surface area contributed by atoms with Crippen molar-refractivity contribution in [1.29, 1.82) is 0 Å². The Morgan fingerprint density at radius 1 is 1.07 bits per heavy atom. The molecule has 0 aliphatic heterocycles. The minimum Gasteiger partial charge on any atom is -0.259 e. The first-order chi connectivity index (χ1) is 6.75. The molecule has 0 aliphatic rings. The topological polar surface area (TPSA) is 25.8 Å². The highest BCUT2D eigenvalue weighted by atomic mass is 79.9. The third-order valence-electron chi connectivity index (χ3n) is 1.75. The smallest absolute Gasteiger partial charge is 0.148 e. The predicted molar refractivity (Wildman–Crippen MR) is 60.2 cm³/mol. The lowest BCUT2D eigenvalue weighted by molar-refractivity contribution is 1.21. The molecule has 0 bridgehead atoms. The molecule has 0 N–H and O–H groups in total. The molecule has 0 fully saturated rings. The van der Waals surface area contributed by atoms with Crippen LogP contribution in [-0.4, -0.2) is 9.97 Å². The van der Waals surface area contributed by atoms with Gasteiger partial charge in [0, 0.05) is 10.0 Å². The number of hydrogen-bond acceptors (Lipinski definition) is 2. The molecule has 1 heterocycles. The number of nitrogens with zero attached hydrogens (tertiary/aromatic N) is 2. The van der Waals surface area contributed by atoms with Gasteiger partial charge in [-0.15, -0.1) is 0 Å². The molecule has 2 rings (SSSR count). The van der Waals surface area contributed by atoms with Crippen molar-refractivity contribution in [3.63, 3.8) is 0 Å². The molecule has 0 aliphatic carbocycles. The van der Waals surface area contributed by atoms with Gasteiger partial charge in [-0.2, -0.15) is 0 Å². The summed E-state index contributed by atoms with van der Waals surface area (Å²) in [6.45, 7) is 0. The molecular formula is C10H6BrClN2. The van der Waals surface area contributed by atoms with E-state index >= 15 is 0 Å². The first kappa shape index (κ1) is 9.62. The van der Waals surface area contributed by atoms with E-state index in [1.807, 2.05) is 24.3 Å². The maximum atomic E-state index is 5.74. The largest absolute Gasteiger partial charge is 0.259 e. The molecule has 0 saturated carbocycles. The molecule has 0 amide bonds. The van der Waals surface area contributed by atoms with Crippen molar-refractivity contribution >= 4 is 27.5 Å². The average Bonchev–Trinajstić information content (AvgIpc) is 2.19. The maximum absolute atomic E-state index is 5.74. The van der Waals surface area contributed by atoms with E-state index in [1.165, 1.54) is 6.20 Å². The highest BCUT2D eigenvalue weighted by molar-refractivity contribution is 9.10. The Morgan fingerprint density at radius 2 is 1.79 bits per heavy atom. The zero-order valence-electron chi connectivity index (χ0n) is 7.11. The van der Waals surface area contributed by atoms with Crippen LogP contribution in [-0.2, 0) is 0 Å². The van der Waals surface area contributed by atoms with Crippen LogP contribution in [0.2, 0.25) is 5.15 Å². The minimum absolute atomic E-state index is 0.408. The van der Waals surface area contributed by atoms with Gasteiger partial charge in [0.15, 0.2) is 0 Å². The van der Waals surface area contributed by atoms with Crippen molar-refractivity contribution < 1.29 is 0 Å². The van der Waals surface area contributed by atoms with E-state index < -0.39 is 0 Å². The molecule has 2 nitrogen and oxygen atoms in total. The fraction of sp³-hybridized carbons (Fsp3) is 0. The van der Waals surface area contributed by atoms with Crippen molar-refractivity contribution in [2.75, 3.05) is 0 Å². The van der Waals surface area contributed by atoms with Crippen LogP contribution < -0.4 is 0 Å². The average molecular weight is 270 g/mol. The van der Waals surface area contributed by atoms with Crippen molar-refractivity contribution in [1.82, 2.24) is 9.97 Å². The maximum Gasteiger partial charge on any atom is 0.148 e. The second-order valence-corrected chi connectivity index (χ2v) is 4.04. The zero-order valence-corrected chi connectivity index (χ0v) is 9.46. The number of aromatic nitrogens is 2. The van der Waals surface area contributed by atoms with Gasteiger partial charge in [0.05, 0.1) is 18.1 Å². The summed E-state index contributed by atoms with van der Waals surface area (Å²) in [5.41, 5.74) is 1.79. The lowest BCUT2D eigenvalue weighted by Gasteiger charge is -2.00. The third kappa shape index (κ3) is 2.11. The van der Waals surface area contributed by atoms with Gasteiger partial charge < -0.3 is 0 Å². The molecule has 0 radical (unpaired) electrons. The lowest BCUT2D eigenvalue weighted by Crippen LogP contribution is -1.85. The number of rotatable bonds is 1. The third-order valence-corrected chi connectivity index (χ3v) is 2.46. The van der Waals surface area contributed by atoms with Crippen molar-refractivity contribution in [2.24, 2.45) is 0 Å². The number of benzene rings is 1. The monoisotopic (exact) mass is 268 g/mol. The quantitative estimate of drug-likeness (QED) is 0.791. The molecule has 0 saturated heterocycles. The van der Waals surface area contributed by atoms with Crippen LogP contribution in [0.4, 0.5) is 0 Å². The van der Waals surface area contributed by atoms with Crippen LogP contribution in [0.25, 0.3) is 11.3 Å². The van der Waals surface area contributed by atoms with Crippen LogP contribution in [0.5, 0.6) is 0 Å². The summed E-state index contributed by atoms with van der Waals surface area (Å²) in [4.78, 5) is 8.14. The fourth-order valence-electron chi connectivity index (χ4n) is 1.10. The minimum atomic E-state index is 0.408. The summed E-state index contributed by atoms with van der Waals surface area (Å²) in [5, 5.41) is 0.408. The second kappa shape index (κ2) is 4.07. The molecule has 4 heteroatoms. The number of halogens is 2. The highest BCUT2D eigenvalue weighted by Crippen LogP contribution is 2.20. The van der Waals surface area contributed by atoms with Gasteiger partial charge >= 0.3 is 0 Å². The predicted octanol–water partition coefficient (Wildman–Crippen LogP) is 3.56. The summed E-state index contributed by atoms with van der Waals surface area (Å²) in [6, 6.07) is 7.84. The number of hydrogen-bond donors (Lipinski definition) is 0. The van der Waals surface area contributed by atoms with Gasteiger partial charge in [0.1, 0.15) is 5.15 Å². The van der Waals surface area contributed by atoms with Gasteiger partial charge in [-0.05, 0) is 12.1 Å². The standard InChI is InChI=1S/C10H6BrClN2/c11-8-3-1-7(2-4-8)9-5-13-6-10(12)14-9/h1-6H. The molecule has 70 valence electrons. The molecule has 2 aromatic rings. The summed E-state index contributed by atoms with van der Waals surface area (Å²) >= 11 is 9.11. The van der Waals surface area contributed by atoms with Crippen LogP contribution in [0.1, 0.15) is 0 Å². The van der Waals surface area contributed by atoms with Gasteiger partial charge in [-0.25, -0.2) is 4.98 Å². The van der Waals surface area contributed by atoms with Gasteiger partial charge in [0.2, 0.25) is 0 Å². The lowest BCUT2D eigenvalue weighted by atomic mass is 10.2. The first-order valence-electron chi connectivity index (χ1n) is 3.99. The fourth-order valence-corrected chi connectivity index (χ4v) is 1.51. The Balaban J connectivity index is 2.44. The Morgan fingerprint density at radius 3 is 2.43 bits per heavy atom. The molecule has 1 aromatic heterocycles. The molecular weight excluding hydrogens is 263 g/mol. The van der Waals surface area contributed by atoms with Crippen LogP contribution in [0.15, 0.2) is 41.1 Å². The summed E-state index contributed by atoms with van der Waals surface area (Å²) in [6.07, 6.45) is 3.21. The second-order valence-electron chi connectivity index (χ2n) is 2.73. The van der Waals surface area contributed by atoms with E-state index in [2.05, 4.69) is 25.9 Å². The van der Waals surface area contributed by atoms with Crippen molar-refractivity contribution in [3.8, 4) is 11.3 Å². The van der Waals surface area contributed by atoms with Gasteiger partial charge in [0.25, 0.3) is 0 Å². The zero-order chi connectivity index (χ0) is 9.97. The summed E-state index contributed by atoms with van der Waals surface area (Å²) in [7, 11) is 0.